The van der Waals surface area contributed by atoms with Crippen molar-refractivity contribution in [2.75, 3.05) is 66.6 Å². The van der Waals surface area contributed by atoms with Crippen LogP contribution in [-0.4, -0.2) is 88.4 Å². The Labute approximate surface area is 177 Å². The summed E-state index contributed by atoms with van der Waals surface area (Å²) in [6.45, 7) is 12.8. The highest BCUT2D eigenvalue weighted by molar-refractivity contribution is 14.0. The molecular weight excluding hydrogens is 441 g/mol. The second kappa shape index (κ2) is 13.1. The molecule has 0 spiro atoms. The summed E-state index contributed by atoms with van der Waals surface area (Å²) in [5.41, 5.74) is 0. The van der Waals surface area contributed by atoms with Crippen LogP contribution < -0.4 is 10.6 Å². The van der Waals surface area contributed by atoms with Crippen LogP contribution in [0.1, 0.15) is 33.1 Å². The van der Waals surface area contributed by atoms with Crippen molar-refractivity contribution in [3.05, 3.63) is 0 Å². The predicted molar refractivity (Wildman–Crippen MR) is 121 cm³/mol. The number of hydrogen-bond acceptors (Lipinski definition) is 4. The Hall–Kier alpha value is -0.120. The molecule has 0 saturated carbocycles. The summed E-state index contributed by atoms with van der Waals surface area (Å²) in [5.74, 6) is 2.36. The van der Waals surface area contributed by atoms with Gasteiger partial charge in [0.25, 0.3) is 0 Å². The molecule has 154 valence electrons. The van der Waals surface area contributed by atoms with Crippen molar-refractivity contribution in [1.82, 2.24) is 20.4 Å². The van der Waals surface area contributed by atoms with Gasteiger partial charge in [-0.2, -0.15) is 0 Å². The van der Waals surface area contributed by atoms with E-state index in [1.54, 1.807) is 0 Å². The molecule has 2 rings (SSSR count). The van der Waals surface area contributed by atoms with E-state index in [-0.39, 0.29) is 24.0 Å². The minimum Gasteiger partial charge on any atom is -0.379 e. The number of likely N-dealkylation sites (tertiary alicyclic amines) is 1. The molecule has 0 aromatic carbocycles. The zero-order chi connectivity index (χ0) is 18.1. The highest BCUT2D eigenvalue weighted by atomic mass is 127. The summed E-state index contributed by atoms with van der Waals surface area (Å²) >= 11 is 0. The van der Waals surface area contributed by atoms with Crippen molar-refractivity contribution in [3.63, 3.8) is 0 Å². The molecule has 2 heterocycles. The van der Waals surface area contributed by atoms with Gasteiger partial charge >= 0.3 is 0 Å². The molecule has 26 heavy (non-hydrogen) atoms. The SMILES string of the molecule is CN=C(NCC1CCCN(C)C1)NCC(CC(C)C)N1CCOCC1.I. The first-order chi connectivity index (χ1) is 12.1. The Morgan fingerprint density at radius 2 is 1.92 bits per heavy atom. The topological polar surface area (TPSA) is 52.1 Å². The number of guanidine groups is 1. The van der Waals surface area contributed by atoms with Crippen LogP contribution in [0.3, 0.4) is 0 Å². The molecule has 7 heteroatoms. The average Bonchev–Trinajstić information content (AvgIpc) is 2.61. The van der Waals surface area contributed by atoms with Crippen LogP contribution in [0, 0.1) is 11.8 Å². The summed E-state index contributed by atoms with van der Waals surface area (Å²) in [6, 6.07) is 0.545. The molecule has 0 bridgehead atoms. The lowest BCUT2D eigenvalue weighted by Crippen LogP contribution is -2.51. The van der Waals surface area contributed by atoms with Gasteiger partial charge < -0.3 is 20.3 Å². The molecule has 0 radical (unpaired) electrons. The molecule has 0 aromatic heterocycles. The molecule has 2 saturated heterocycles. The van der Waals surface area contributed by atoms with Crippen LogP contribution in [0.4, 0.5) is 0 Å². The van der Waals surface area contributed by atoms with E-state index >= 15 is 0 Å². The molecule has 2 aliphatic heterocycles. The monoisotopic (exact) mass is 481 g/mol. The maximum atomic E-state index is 5.51. The smallest absolute Gasteiger partial charge is 0.191 e. The number of ether oxygens (including phenoxy) is 1. The number of nitrogens with one attached hydrogen (secondary N) is 2. The number of morpholine rings is 1. The fraction of sp³-hybridized carbons (Fsp3) is 0.947. The minimum atomic E-state index is 0. The third kappa shape index (κ3) is 8.71. The largest absolute Gasteiger partial charge is 0.379 e. The molecule has 2 unspecified atom stereocenters. The summed E-state index contributed by atoms with van der Waals surface area (Å²) in [4.78, 5) is 9.43. The fourth-order valence-electron chi connectivity index (χ4n) is 3.96. The molecule has 0 amide bonds. The van der Waals surface area contributed by atoms with Gasteiger partial charge in [-0.3, -0.25) is 9.89 Å². The first-order valence-corrected chi connectivity index (χ1v) is 10.0. The summed E-state index contributed by atoms with van der Waals surface area (Å²) in [7, 11) is 4.09. The molecule has 2 N–H and O–H groups in total. The van der Waals surface area contributed by atoms with Crippen molar-refractivity contribution in [1.29, 1.82) is 0 Å². The molecule has 2 aliphatic rings. The van der Waals surface area contributed by atoms with E-state index in [0.29, 0.717) is 12.0 Å². The third-order valence-electron chi connectivity index (χ3n) is 5.31. The second-order valence-electron chi connectivity index (χ2n) is 8.04. The average molecular weight is 481 g/mol. The number of aliphatic imine (C=N–C) groups is 1. The van der Waals surface area contributed by atoms with Crippen LogP contribution >= 0.6 is 24.0 Å². The van der Waals surface area contributed by atoms with Gasteiger partial charge in [0, 0.05) is 45.8 Å². The standard InChI is InChI=1S/C19H39N5O.HI/c1-16(2)12-18(24-8-10-25-11-9-24)14-22-19(20-3)21-13-17-6-5-7-23(4)15-17;/h16-18H,5-15H2,1-4H3,(H2,20,21,22);1H. The highest BCUT2D eigenvalue weighted by Crippen LogP contribution is 2.14. The summed E-state index contributed by atoms with van der Waals surface area (Å²) in [5, 5.41) is 7.11. The van der Waals surface area contributed by atoms with Gasteiger partial charge in [-0.05, 0) is 44.7 Å². The molecule has 0 aromatic rings. The normalized spacial score (nSPS) is 24.2. The molecule has 2 atom stereocenters. The molecule has 0 aliphatic carbocycles. The van der Waals surface area contributed by atoms with E-state index in [0.717, 1.165) is 51.3 Å². The highest BCUT2D eigenvalue weighted by Gasteiger charge is 2.22. The zero-order valence-corrected chi connectivity index (χ0v) is 19.5. The van der Waals surface area contributed by atoms with Crippen molar-refractivity contribution < 1.29 is 4.74 Å². The van der Waals surface area contributed by atoms with E-state index in [1.807, 2.05) is 7.05 Å². The number of hydrogen-bond donors (Lipinski definition) is 2. The summed E-state index contributed by atoms with van der Waals surface area (Å²) < 4.78 is 5.51. The van der Waals surface area contributed by atoms with Crippen LogP contribution in [0.15, 0.2) is 4.99 Å². The number of rotatable bonds is 7. The van der Waals surface area contributed by atoms with Crippen molar-refractivity contribution in [3.8, 4) is 0 Å². The summed E-state index contributed by atoms with van der Waals surface area (Å²) in [6.07, 6.45) is 3.83. The van der Waals surface area contributed by atoms with Gasteiger partial charge in [-0.15, -0.1) is 24.0 Å². The molecular formula is C19H40IN5O. The molecule has 6 nitrogen and oxygen atoms in total. The van der Waals surface area contributed by atoms with E-state index < -0.39 is 0 Å². The Kier molecular flexibility index (Phi) is 12.1. The Bertz CT molecular complexity index is 401. The fourth-order valence-corrected chi connectivity index (χ4v) is 3.96. The maximum absolute atomic E-state index is 5.51. The van der Waals surface area contributed by atoms with Crippen molar-refractivity contribution in [2.24, 2.45) is 16.8 Å². The maximum Gasteiger partial charge on any atom is 0.191 e. The number of piperidine rings is 1. The minimum absolute atomic E-state index is 0. The van der Waals surface area contributed by atoms with E-state index in [1.165, 1.54) is 32.4 Å². The second-order valence-corrected chi connectivity index (χ2v) is 8.04. The quantitative estimate of drug-likeness (QED) is 0.331. The zero-order valence-electron chi connectivity index (χ0n) is 17.2. The first kappa shape index (κ1) is 23.9. The van der Waals surface area contributed by atoms with Gasteiger partial charge in [0.15, 0.2) is 5.96 Å². The van der Waals surface area contributed by atoms with Crippen LogP contribution in [-0.2, 0) is 4.74 Å². The van der Waals surface area contributed by atoms with Gasteiger partial charge in [0.05, 0.1) is 13.2 Å². The van der Waals surface area contributed by atoms with Crippen molar-refractivity contribution in [2.45, 2.75) is 39.2 Å². The Morgan fingerprint density at radius 3 is 2.54 bits per heavy atom. The van der Waals surface area contributed by atoms with Crippen LogP contribution in [0.2, 0.25) is 0 Å². The lowest BCUT2D eigenvalue weighted by atomic mass is 9.98. The first-order valence-electron chi connectivity index (χ1n) is 10.0. The van der Waals surface area contributed by atoms with E-state index in [9.17, 15) is 0 Å². The van der Waals surface area contributed by atoms with Crippen LogP contribution in [0.25, 0.3) is 0 Å². The van der Waals surface area contributed by atoms with Crippen LogP contribution in [0.5, 0.6) is 0 Å². The van der Waals surface area contributed by atoms with E-state index in [2.05, 4.69) is 46.3 Å². The number of halogens is 1. The van der Waals surface area contributed by atoms with Gasteiger partial charge in [0.2, 0.25) is 0 Å². The van der Waals surface area contributed by atoms with Gasteiger partial charge in [-0.1, -0.05) is 13.8 Å². The number of nitrogens with zero attached hydrogens (tertiary/aromatic N) is 3. The Balaban J connectivity index is 0.00000338. The predicted octanol–water partition coefficient (Wildman–Crippen LogP) is 1.86. The Morgan fingerprint density at radius 1 is 1.19 bits per heavy atom. The van der Waals surface area contributed by atoms with E-state index in [4.69, 9.17) is 4.74 Å². The third-order valence-corrected chi connectivity index (χ3v) is 5.31. The van der Waals surface area contributed by atoms with Gasteiger partial charge in [-0.25, -0.2) is 0 Å². The van der Waals surface area contributed by atoms with Crippen molar-refractivity contribution >= 4 is 29.9 Å². The lowest BCUT2D eigenvalue weighted by molar-refractivity contribution is 0.0132. The lowest BCUT2D eigenvalue weighted by Gasteiger charge is -2.36. The molecule has 2 fully saturated rings. The van der Waals surface area contributed by atoms with Gasteiger partial charge in [0.1, 0.15) is 0 Å².